The normalized spacial score (nSPS) is 22.7. The number of hydrogen-bond acceptors (Lipinski definition) is 13. The van der Waals surface area contributed by atoms with Crippen molar-refractivity contribution in [3.05, 3.63) is 132 Å². The number of carbonyl (C=O) groups is 4. The first-order valence-electron chi connectivity index (χ1n) is 26.9. The molecule has 1 saturated carbocycles. The molecule has 6 aliphatic rings. The van der Waals surface area contributed by atoms with E-state index in [1.807, 2.05) is 30.3 Å². The Labute approximate surface area is 464 Å². The van der Waals surface area contributed by atoms with Gasteiger partial charge in [-0.15, -0.1) is 0 Å². The molecule has 4 aromatic rings. The summed E-state index contributed by atoms with van der Waals surface area (Å²) in [5, 5.41) is 18.6. The zero-order valence-electron chi connectivity index (χ0n) is 43.7. The largest absolute Gasteiger partial charge is 0.379 e. The van der Waals surface area contributed by atoms with E-state index < -0.39 is 32.8 Å². The van der Waals surface area contributed by atoms with Crippen LogP contribution >= 0.6 is 27.5 Å². The Bertz CT molecular complexity index is 3080. The number of nitro benzene ring substituents is 1. The van der Waals surface area contributed by atoms with E-state index in [9.17, 15) is 37.7 Å². The Kier molecular flexibility index (Phi) is 16.3. The van der Waals surface area contributed by atoms with Crippen molar-refractivity contribution in [3.63, 3.8) is 0 Å². The van der Waals surface area contributed by atoms with Crippen molar-refractivity contribution >= 4 is 83.8 Å². The summed E-state index contributed by atoms with van der Waals surface area (Å²) in [7, 11) is -4.45. The fourth-order valence-electron chi connectivity index (χ4n) is 12.3. The summed E-state index contributed by atoms with van der Waals surface area (Å²) in [6.07, 6.45) is 7.67. The Morgan fingerprint density at radius 3 is 2.22 bits per heavy atom. The van der Waals surface area contributed by atoms with Gasteiger partial charge in [0.1, 0.15) is 11.7 Å². The van der Waals surface area contributed by atoms with Crippen molar-refractivity contribution in [1.82, 2.24) is 29.6 Å². The number of piperidine rings is 1. The number of anilines is 2. The summed E-state index contributed by atoms with van der Waals surface area (Å²) in [5.41, 5.74) is 7.84. The molecule has 3 N–H and O–H groups in total. The van der Waals surface area contributed by atoms with Crippen molar-refractivity contribution in [2.45, 2.75) is 102 Å². The van der Waals surface area contributed by atoms with Gasteiger partial charge in [0, 0.05) is 123 Å². The molecule has 17 nitrogen and oxygen atoms in total. The van der Waals surface area contributed by atoms with Gasteiger partial charge in [-0.2, -0.15) is 0 Å². The number of carbonyl (C=O) groups excluding carboxylic acids is 4. The molecular formula is C57H67BrClN9O8S. The highest BCUT2D eigenvalue weighted by Crippen LogP contribution is 2.43. The van der Waals surface area contributed by atoms with Crippen molar-refractivity contribution in [3.8, 4) is 0 Å². The summed E-state index contributed by atoms with van der Waals surface area (Å²) in [5.74, 6) is -1.46. The standard InChI is InChI=1S/C57H67BrClN9O8S/c1-57(2)20-19-46(39-5-9-42(59)10-6-39)41(32-57)35-64-23-27-66(28-24-64)44-13-7-40(8-14-44)54(70)62-77(75,76)45-15-16-50(52(31-45)68(73)74)60-33-37-3-11-43(12-4-37)65-25-21-63(22-26-65)34-38-29-47-48(49(58)30-38)36-67(56(47)72)51-17-18-53(69)61-55(51)71/h5-10,13-16,29-31,37,43,51,60H,3-4,11-12,17-28,32-36H2,1-2H3,(H,62,70)(H,61,69,71)/t37-,43-,51?. The molecule has 0 radical (unpaired) electrons. The molecule has 20 heteroatoms. The number of hydrogen-bond donors (Lipinski definition) is 3. The number of amides is 4. The number of imide groups is 1. The van der Waals surface area contributed by atoms with Gasteiger partial charge in [-0.05, 0) is 146 Å². The van der Waals surface area contributed by atoms with E-state index in [4.69, 9.17) is 11.6 Å². The number of nitro groups is 1. The summed E-state index contributed by atoms with van der Waals surface area (Å²) in [4.78, 5) is 73.7. The maximum absolute atomic E-state index is 13.5. The third-order valence-electron chi connectivity index (χ3n) is 16.7. The van der Waals surface area contributed by atoms with Gasteiger partial charge >= 0.3 is 0 Å². The fraction of sp³-hybridized carbons (Fsp3) is 0.474. The van der Waals surface area contributed by atoms with Crippen molar-refractivity contribution in [2.24, 2.45) is 11.3 Å². The Balaban J connectivity index is 0.665. The summed E-state index contributed by atoms with van der Waals surface area (Å²) < 4.78 is 30.0. The molecule has 4 amide bonds. The molecule has 2 aliphatic carbocycles. The number of halogens is 2. The third kappa shape index (κ3) is 12.6. The molecule has 4 aromatic carbocycles. The smallest absolute Gasteiger partial charge is 0.293 e. The Hall–Kier alpha value is -5.70. The van der Waals surface area contributed by atoms with E-state index in [-0.39, 0.29) is 51.4 Å². The predicted octanol–water partition coefficient (Wildman–Crippen LogP) is 8.46. The number of allylic oxidation sites excluding steroid dienone is 1. The van der Waals surface area contributed by atoms with E-state index in [1.54, 1.807) is 17.0 Å². The Morgan fingerprint density at radius 1 is 0.844 bits per heavy atom. The van der Waals surface area contributed by atoms with Gasteiger partial charge in [0.25, 0.3) is 27.5 Å². The van der Waals surface area contributed by atoms with Crippen LogP contribution in [0.2, 0.25) is 5.02 Å². The predicted molar refractivity (Wildman–Crippen MR) is 300 cm³/mol. The lowest BCUT2D eigenvalue weighted by Gasteiger charge is -2.42. The number of piperazine rings is 2. The van der Waals surface area contributed by atoms with Crippen LogP contribution < -0.4 is 20.3 Å². The summed E-state index contributed by atoms with van der Waals surface area (Å²) in [6.45, 7) is 14.1. The highest BCUT2D eigenvalue weighted by molar-refractivity contribution is 9.10. The van der Waals surface area contributed by atoms with E-state index in [2.05, 4.69) is 82.9 Å². The van der Waals surface area contributed by atoms with Crippen molar-refractivity contribution in [1.29, 1.82) is 0 Å². The number of nitrogens with zero attached hydrogens (tertiary/aromatic N) is 6. The lowest BCUT2D eigenvalue weighted by Crippen LogP contribution is -2.52. The molecule has 1 atom stereocenters. The molecule has 3 saturated heterocycles. The lowest BCUT2D eigenvalue weighted by atomic mass is 9.73. The van der Waals surface area contributed by atoms with E-state index >= 15 is 0 Å². The van der Waals surface area contributed by atoms with Gasteiger partial charge in [-0.25, -0.2) is 13.1 Å². The maximum Gasteiger partial charge on any atom is 0.293 e. The van der Waals surface area contributed by atoms with Gasteiger partial charge in [0.15, 0.2) is 0 Å². The van der Waals surface area contributed by atoms with Crippen LogP contribution in [-0.4, -0.2) is 134 Å². The van der Waals surface area contributed by atoms with Gasteiger partial charge in [-0.3, -0.25) is 49.3 Å². The molecule has 0 aromatic heterocycles. The number of fused-ring (bicyclic) bond motifs is 1. The van der Waals surface area contributed by atoms with Crippen LogP contribution in [0, 0.1) is 21.4 Å². The second-order valence-corrected chi connectivity index (χ2v) is 25.5. The molecule has 10 rings (SSSR count). The minimum absolute atomic E-state index is 0.158. The molecular weight excluding hydrogens is 1090 g/mol. The average Bonchev–Trinajstić information content (AvgIpc) is 3.74. The second-order valence-electron chi connectivity index (χ2n) is 22.5. The van der Waals surface area contributed by atoms with Crippen LogP contribution in [0.5, 0.6) is 0 Å². The van der Waals surface area contributed by atoms with Gasteiger partial charge in [0.2, 0.25) is 11.8 Å². The first kappa shape index (κ1) is 54.6. The fourth-order valence-corrected chi connectivity index (χ4v) is 14.1. The number of rotatable bonds is 15. The Morgan fingerprint density at radius 2 is 1.53 bits per heavy atom. The zero-order valence-corrected chi connectivity index (χ0v) is 46.9. The molecule has 0 spiro atoms. The minimum atomic E-state index is -4.45. The first-order chi connectivity index (χ1) is 36.9. The van der Waals surface area contributed by atoms with Gasteiger partial charge in [-0.1, -0.05) is 59.1 Å². The topological polar surface area (TPSA) is 198 Å². The number of nitrogens with one attached hydrogen (secondary N) is 3. The van der Waals surface area contributed by atoms with Crippen LogP contribution in [0.1, 0.15) is 109 Å². The minimum Gasteiger partial charge on any atom is -0.379 e. The summed E-state index contributed by atoms with van der Waals surface area (Å²) in [6, 6.07) is 22.5. The van der Waals surface area contributed by atoms with Crippen LogP contribution in [0.15, 0.2) is 93.8 Å². The first-order valence-corrected chi connectivity index (χ1v) is 29.6. The van der Waals surface area contributed by atoms with Crippen molar-refractivity contribution < 1.29 is 32.5 Å². The third-order valence-corrected chi connectivity index (χ3v) is 19.0. The van der Waals surface area contributed by atoms with Gasteiger partial charge in [0.05, 0.1) is 9.82 Å². The van der Waals surface area contributed by atoms with Crippen LogP contribution in [0.3, 0.4) is 0 Å². The second kappa shape index (κ2) is 22.9. The highest BCUT2D eigenvalue weighted by Gasteiger charge is 2.40. The van der Waals surface area contributed by atoms with Crippen LogP contribution in [0.25, 0.3) is 5.57 Å². The zero-order chi connectivity index (χ0) is 54.2. The molecule has 0 bridgehead atoms. The summed E-state index contributed by atoms with van der Waals surface area (Å²) >= 11 is 9.89. The van der Waals surface area contributed by atoms with E-state index in [1.165, 1.54) is 28.8 Å². The molecule has 4 aliphatic heterocycles. The SMILES string of the molecule is CC1(C)CCC(c2ccc(Cl)cc2)=C(CN2CCN(c3ccc(C(=O)NS(=O)(=O)c4ccc(NC[C@H]5CC[C@H](N6CCN(Cc7cc(Br)c8c(c7)C(=O)N(C7CCC(=O)NC7=O)C8)CC6)CC5)c([N+](=O)[O-])c4)cc3)CC2)C1. The molecule has 77 heavy (non-hydrogen) atoms. The monoisotopic (exact) mass is 1150 g/mol. The van der Waals surface area contributed by atoms with E-state index in [0.717, 1.165) is 136 Å². The lowest BCUT2D eigenvalue weighted by molar-refractivity contribution is -0.384. The van der Waals surface area contributed by atoms with Gasteiger partial charge < -0.3 is 15.1 Å². The number of sulfonamides is 1. The molecule has 4 fully saturated rings. The van der Waals surface area contributed by atoms with E-state index in [0.29, 0.717) is 37.7 Å². The molecule has 1 unspecified atom stereocenters. The van der Waals surface area contributed by atoms with Crippen LogP contribution in [0.4, 0.5) is 17.1 Å². The van der Waals surface area contributed by atoms with Crippen LogP contribution in [-0.2, 0) is 32.7 Å². The molecule has 4 heterocycles. The van der Waals surface area contributed by atoms with Crippen molar-refractivity contribution in [2.75, 3.05) is 75.7 Å². The average molecular weight is 1150 g/mol. The quantitative estimate of drug-likeness (QED) is 0.0583. The number of benzene rings is 4. The molecule has 408 valence electrons. The highest BCUT2D eigenvalue weighted by atomic mass is 79.9. The maximum atomic E-state index is 13.5.